The van der Waals surface area contributed by atoms with Crippen molar-refractivity contribution in [3.8, 4) is 0 Å². The van der Waals surface area contributed by atoms with Gasteiger partial charge in [-0.2, -0.15) is 0 Å². The molecule has 2 N–H and O–H groups in total. The fourth-order valence-electron chi connectivity index (χ4n) is 1.70. The average molecular weight is 212 g/mol. The number of benzene rings is 1. The Labute approximate surface area is 91.3 Å². The Hall–Kier alpha value is -0.530. The summed E-state index contributed by atoms with van der Waals surface area (Å²) in [5.74, 6) is 1.02. The molecule has 0 aliphatic heterocycles. The molecule has 2 heteroatoms. The van der Waals surface area contributed by atoms with E-state index in [-0.39, 0.29) is 6.04 Å². The van der Waals surface area contributed by atoms with Gasteiger partial charge in [-0.15, -0.1) is 11.6 Å². The van der Waals surface area contributed by atoms with Crippen molar-refractivity contribution < 1.29 is 0 Å². The Morgan fingerprint density at radius 2 is 2.00 bits per heavy atom. The van der Waals surface area contributed by atoms with Crippen LogP contribution in [-0.4, -0.2) is 11.9 Å². The number of aryl methyl sites for hydroxylation is 1. The molecule has 0 fully saturated rings. The van der Waals surface area contributed by atoms with Gasteiger partial charge in [0, 0.05) is 11.9 Å². The molecule has 0 heterocycles. The van der Waals surface area contributed by atoms with E-state index in [1.54, 1.807) is 0 Å². The summed E-state index contributed by atoms with van der Waals surface area (Å²) < 4.78 is 0. The molecule has 0 amide bonds. The Kier molecular flexibility index (Phi) is 4.43. The van der Waals surface area contributed by atoms with Crippen LogP contribution in [0.3, 0.4) is 0 Å². The van der Waals surface area contributed by atoms with E-state index in [4.69, 9.17) is 17.3 Å². The Balaban J connectivity index is 2.78. The van der Waals surface area contributed by atoms with Crippen LogP contribution in [0.15, 0.2) is 24.3 Å². The summed E-state index contributed by atoms with van der Waals surface area (Å²) in [6, 6.07) is 8.55. The van der Waals surface area contributed by atoms with Crippen LogP contribution in [0.2, 0.25) is 0 Å². The van der Waals surface area contributed by atoms with Crippen LogP contribution in [0.1, 0.15) is 30.4 Å². The maximum absolute atomic E-state index is 6.04. The second-order valence-electron chi connectivity index (χ2n) is 3.79. The molecule has 1 aromatic rings. The minimum atomic E-state index is 0.161. The van der Waals surface area contributed by atoms with Crippen molar-refractivity contribution >= 4 is 11.6 Å². The fraction of sp³-hybridized carbons (Fsp3) is 0.500. The maximum Gasteiger partial charge on any atom is 0.0238 e. The zero-order chi connectivity index (χ0) is 10.6. The molecule has 1 aromatic carbocycles. The van der Waals surface area contributed by atoms with Gasteiger partial charge in [0.15, 0.2) is 0 Å². The lowest BCUT2D eigenvalue weighted by Crippen LogP contribution is -2.27. The van der Waals surface area contributed by atoms with Gasteiger partial charge in [0.2, 0.25) is 0 Å². The van der Waals surface area contributed by atoms with E-state index in [2.05, 4.69) is 38.1 Å². The molecule has 0 bridgehead atoms. The zero-order valence-corrected chi connectivity index (χ0v) is 9.59. The lowest BCUT2D eigenvalue weighted by Gasteiger charge is -2.21. The molecule has 0 aliphatic carbocycles. The van der Waals surface area contributed by atoms with E-state index >= 15 is 0 Å². The number of hydrogen-bond donors (Lipinski definition) is 1. The maximum atomic E-state index is 6.04. The summed E-state index contributed by atoms with van der Waals surface area (Å²) in [4.78, 5) is 0. The highest BCUT2D eigenvalue weighted by Crippen LogP contribution is 2.23. The van der Waals surface area contributed by atoms with Crippen LogP contribution >= 0.6 is 11.6 Å². The van der Waals surface area contributed by atoms with Crippen LogP contribution in [0.25, 0.3) is 0 Å². The third kappa shape index (κ3) is 2.73. The lowest BCUT2D eigenvalue weighted by molar-refractivity contribution is 0.552. The molecule has 1 nitrogen and oxygen atoms in total. The van der Waals surface area contributed by atoms with Crippen LogP contribution in [0.4, 0.5) is 0 Å². The van der Waals surface area contributed by atoms with Crippen molar-refractivity contribution in [2.45, 2.75) is 32.2 Å². The summed E-state index contributed by atoms with van der Waals surface area (Å²) in [5, 5.41) is 0. The topological polar surface area (TPSA) is 26.0 Å². The predicted molar refractivity (Wildman–Crippen MR) is 62.9 cm³/mol. The monoisotopic (exact) mass is 211 g/mol. The minimum absolute atomic E-state index is 0.161. The van der Waals surface area contributed by atoms with E-state index < -0.39 is 0 Å². The van der Waals surface area contributed by atoms with Crippen LogP contribution < -0.4 is 5.73 Å². The van der Waals surface area contributed by atoms with E-state index in [9.17, 15) is 0 Å². The SMILES string of the molecule is Cc1ccccc1C(C)C(N)CCCl. The molecular formula is C12H18ClN. The highest BCUT2D eigenvalue weighted by atomic mass is 35.5. The van der Waals surface area contributed by atoms with E-state index in [1.807, 2.05) is 0 Å². The molecule has 1 rings (SSSR count). The quantitative estimate of drug-likeness (QED) is 0.762. The molecule has 2 atom stereocenters. The second kappa shape index (κ2) is 5.38. The number of nitrogens with two attached hydrogens (primary N) is 1. The normalized spacial score (nSPS) is 15.1. The number of alkyl halides is 1. The summed E-state index contributed by atoms with van der Waals surface area (Å²) >= 11 is 5.69. The third-order valence-electron chi connectivity index (χ3n) is 2.76. The molecule has 0 radical (unpaired) electrons. The van der Waals surface area contributed by atoms with Gasteiger partial charge in [-0.25, -0.2) is 0 Å². The lowest BCUT2D eigenvalue weighted by atomic mass is 9.89. The highest BCUT2D eigenvalue weighted by Gasteiger charge is 2.15. The Morgan fingerprint density at radius 1 is 1.36 bits per heavy atom. The van der Waals surface area contributed by atoms with Crippen LogP contribution in [0, 0.1) is 6.92 Å². The smallest absolute Gasteiger partial charge is 0.0238 e. The summed E-state index contributed by atoms with van der Waals surface area (Å²) in [7, 11) is 0. The molecule has 0 aliphatic rings. The van der Waals surface area contributed by atoms with Crippen molar-refractivity contribution in [1.82, 2.24) is 0 Å². The molecule has 14 heavy (non-hydrogen) atoms. The summed E-state index contributed by atoms with van der Waals surface area (Å²) in [6.45, 7) is 4.29. The Morgan fingerprint density at radius 3 is 2.57 bits per heavy atom. The first-order valence-electron chi connectivity index (χ1n) is 5.04. The van der Waals surface area contributed by atoms with Crippen molar-refractivity contribution in [2.24, 2.45) is 5.73 Å². The van der Waals surface area contributed by atoms with E-state index in [1.165, 1.54) is 11.1 Å². The number of rotatable bonds is 4. The zero-order valence-electron chi connectivity index (χ0n) is 8.83. The summed E-state index contributed by atoms with van der Waals surface area (Å²) in [5.41, 5.74) is 8.69. The first-order valence-corrected chi connectivity index (χ1v) is 5.57. The van der Waals surface area contributed by atoms with Gasteiger partial charge >= 0.3 is 0 Å². The Bertz CT molecular complexity index is 285. The number of hydrogen-bond acceptors (Lipinski definition) is 1. The van der Waals surface area contributed by atoms with Crippen LogP contribution in [-0.2, 0) is 0 Å². The van der Waals surface area contributed by atoms with E-state index in [0.717, 1.165) is 6.42 Å². The number of halogens is 1. The predicted octanol–water partition coefficient (Wildman–Crippen LogP) is 3.05. The average Bonchev–Trinajstić information content (AvgIpc) is 2.18. The van der Waals surface area contributed by atoms with Gasteiger partial charge < -0.3 is 5.73 Å². The van der Waals surface area contributed by atoms with Gasteiger partial charge in [-0.05, 0) is 30.4 Å². The van der Waals surface area contributed by atoms with Crippen LogP contribution in [0.5, 0.6) is 0 Å². The first kappa shape index (κ1) is 11.5. The molecule has 0 saturated heterocycles. The standard InChI is InChI=1S/C12H18ClN/c1-9-5-3-4-6-11(9)10(2)12(14)7-8-13/h3-6,10,12H,7-8,14H2,1-2H3. The van der Waals surface area contributed by atoms with Gasteiger partial charge in [0.25, 0.3) is 0 Å². The van der Waals surface area contributed by atoms with Gasteiger partial charge in [0.1, 0.15) is 0 Å². The van der Waals surface area contributed by atoms with Crippen molar-refractivity contribution in [2.75, 3.05) is 5.88 Å². The van der Waals surface area contributed by atoms with Gasteiger partial charge in [0.05, 0.1) is 0 Å². The molecule has 0 aromatic heterocycles. The molecular weight excluding hydrogens is 194 g/mol. The molecule has 78 valence electrons. The fourth-order valence-corrected chi connectivity index (χ4v) is 1.96. The third-order valence-corrected chi connectivity index (χ3v) is 2.98. The molecule has 0 saturated carbocycles. The largest absolute Gasteiger partial charge is 0.327 e. The molecule has 0 spiro atoms. The van der Waals surface area contributed by atoms with Crippen molar-refractivity contribution in [3.63, 3.8) is 0 Å². The van der Waals surface area contributed by atoms with Crippen molar-refractivity contribution in [1.29, 1.82) is 0 Å². The van der Waals surface area contributed by atoms with Crippen molar-refractivity contribution in [3.05, 3.63) is 35.4 Å². The second-order valence-corrected chi connectivity index (χ2v) is 4.16. The molecule has 2 unspecified atom stereocenters. The minimum Gasteiger partial charge on any atom is -0.327 e. The highest BCUT2D eigenvalue weighted by molar-refractivity contribution is 6.17. The van der Waals surface area contributed by atoms with Gasteiger partial charge in [-0.1, -0.05) is 31.2 Å². The first-order chi connectivity index (χ1) is 6.66. The summed E-state index contributed by atoms with van der Waals surface area (Å²) in [6.07, 6.45) is 0.872. The van der Waals surface area contributed by atoms with E-state index in [0.29, 0.717) is 11.8 Å². The van der Waals surface area contributed by atoms with Gasteiger partial charge in [-0.3, -0.25) is 0 Å².